The van der Waals surface area contributed by atoms with Gasteiger partial charge in [-0.1, -0.05) is 6.07 Å². The summed E-state index contributed by atoms with van der Waals surface area (Å²) in [5.74, 6) is -0.134. The lowest BCUT2D eigenvalue weighted by Gasteiger charge is -1.98. The molecule has 0 aromatic heterocycles. The summed E-state index contributed by atoms with van der Waals surface area (Å²) in [5.41, 5.74) is 1.29. The van der Waals surface area contributed by atoms with Gasteiger partial charge < -0.3 is 0 Å². The summed E-state index contributed by atoms with van der Waals surface area (Å²) in [7, 11) is 0. The van der Waals surface area contributed by atoms with Gasteiger partial charge in [-0.25, -0.2) is 0 Å². The zero-order valence-corrected chi connectivity index (χ0v) is 8.56. The van der Waals surface area contributed by atoms with Crippen LogP contribution in [0.4, 0.5) is 5.69 Å². The molecule has 0 saturated carbocycles. The zero-order chi connectivity index (χ0) is 11.4. The van der Waals surface area contributed by atoms with E-state index in [0.717, 1.165) is 5.56 Å². The van der Waals surface area contributed by atoms with Crippen LogP contribution in [0.15, 0.2) is 24.3 Å². The Morgan fingerprint density at radius 1 is 1.47 bits per heavy atom. The summed E-state index contributed by atoms with van der Waals surface area (Å²) >= 11 is 0. The fourth-order valence-corrected chi connectivity index (χ4v) is 1.16. The highest BCUT2D eigenvalue weighted by atomic mass is 16.6. The van der Waals surface area contributed by atoms with Crippen molar-refractivity contribution in [2.75, 3.05) is 0 Å². The summed E-state index contributed by atoms with van der Waals surface area (Å²) in [4.78, 5) is 21.0. The van der Waals surface area contributed by atoms with E-state index in [1.165, 1.54) is 25.1 Å². The van der Waals surface area contributed by atoms with Crippen LogP contribution in [0.1, 0.15) is 18.1 Å². The Bertz CT molecular complexity index is 435. The predicted octanol–water partition coefficient (Wildman–Crippen LogP) is 2.51. The summed E-state index contributed by atoms with van der Waals surface area (Å²) in [6.45, 7) is 3.18. The van der Waals surface area contributed by atoms with Crippen LogP contribution in [-0.4, -0.2) is 10.7 Å². The second-order valence-corrected chi connectivity index (χ2v) is 3.26. The third-order valence-corrected chi connectivity index (χ3v) is 1.88. The van der Waals surface area contributed by atoms with Gasteiger partial charge in [0.2, 0.25) is 0 Å². The molecule has 0 amide bonds. The zero-order valence-electron chi connectivity index (χ0n) is 8.56. The number of nitro groups is 1. The van der Waals surface area contributed by atoms with Gasteiger partial charge >= 0.3 is 0 Å². The van der Waals surface area contributed by atoms with E-state index in [1.807, 2.05) is 0 Å². The molecule has 15 heavy (non-hydrogen) atoms. The molecule has 0 aliphatic carbocycles. The van der Waals surface area contributed by atoms with Gasteiger partial charge in [0.1, 0.15) is 0 Å². The quantitative estimate of drug-likeness (QED) is 0.432. The average Bonchev–Trinajstić information content (AvgIpc) is 2.15. The van der Waals surface area contributed by atoms with E-state index in [4.69, 9.17) is 0 Å². The molecule has 0 saturated heterocycles. The summed E-state index contributed by atoms with van der Waals surface area (Å²) in [6, 6.07) is 4.89. The predicted molar refractivity (Wildman–Crippen MR) is 57.5 cm³/mol. The van der Waals surface area contributed by atoms with Crippen molar-refractivity contribution < 1.29 is 9.72 Å². The molecular formula is C11H11NO3. The fourth-order valence-electron chi connectivity index (χ4n) is 1.16. The number of ketones is 1. The van der Waals surface area contributed by atoms with E-state index in [0.29, 0.717) is 5.56 Å². The van der Waals surface area contributed by atoms with E-state index in [1.54, 1.807) is 19.1 Å². The highest BCUT2D eigenvalue weighted by Crippen LogP contribution is 2.21. The maximum atomic E-state index is 10.7. The van der Waals surface area contributed by atoms with Gasteiger partial charge in [0.25, 0.3) is 5.69 Å². The van der Waals surface area contributed by atoms with Gasteiger partial charge in [0, 0.05) is 6.07 Å². The number of aryl methyl sites for hydroxylation is 1. The molecule has 0 spiro atoms. The van der Waals surface area contributed by atoms with Crippen molar-refractivity contribution in [3.8, 4) is 0 Å². The molecule has 0 bridgehead atoms. The number of carbonyl (C=O) groups is 1. The minimum atomic E-state index is -0.452. The molecule has 0 heterocycles. The van der Waals surface area contributed by atoms with Crippen molar-refractivity contribution in [3.05, 3.63) is 45.5 Å². The van der Waals surface area contributed by atoms with E-state index in [2.05, 4.69) is 0 Å². The van der Waals surface area contributed by atoms with E-state index in [-0.39, 0.29) is 11.5 Å². The normalized spacial score (nSPS) is 10.5. The highest BCUT2D eigenvalue weighted by molar-refractivity contribution is 5.92. The van der Waals surface area contributed by atoms with Gasteiger partial charge in [0.05, 0.1) is 10.5 Å². The largest absolute Gasteiger partial charge is 0.295 e. The summed E-state index contributed by atoms with van der Waals surface area (Å²) in [6.07, 6.45) is 2.78. The number of carbonyl (C=O) groups excluding carboxylic acids is 1. The SMILES string of the molecule is CC(=O)/C=C\c1ccc(C)cc1[N+](=O)[O-]. The van der Waals surface area contributed by atoms with Gasteiger partial charge in [0.15, 0.2) is 5.78 Å². The monoisotopic (exact) mass is 205 g/mol. The molecule has 0 fully saturated rings. The van der Waals surface area contributed by atoms with E-state index < -0.39 is 4.92 Å². The van der Waals surface area contributed by atoms with Crippen LogP contribution in [-0.2, 0) is 4.79 Å². The second-order valence-electron chi connectivity index (χ2n) is 3.26. The Labute approximate surface area is 87.4 Å². The van der Waals surface area contributed by atoms with Crippen molar-refractivity contribution in [3.63, 3.8) is 0 Å². The number of allylic oxidation sites excluding steroid dienone is 1. The van der Waals surface area contributed by atoms with Crippen molar-refractivity contribution in [1.29, 1.82) is 0 Å². The van der Waals surface area contributed by atoms with Gasteiger partial charge in [-0.05, 0) is 37.6 Å². The van der Waals surface area contributed by atoms with Crippen LogP contribution in [0, 0.1) is 17.0 Å². The summed E-state index contributed by atoms with van der Waals surface area (Å²) in [5, 5.41) is 10.7. The number of nitrogens with zero attached hydrogens (tertiary/aromatic N) is 1. The van der Waals surface area contributed by atoms with E-state index in [9.17, 15) is 14.9 Å². The molecule has 1 aromatic rings. The first-order valence-corrected chi connectivity index (χ1v) is 4.44. The number of rotatable bonds is 3. The van der Waals surface area contributed by atoms with E-state index >= 15 is 0 Å². The van der Waals surface area contributed by atoms with Crippen LogP contribution in [0.5, 0.6) is 0 Å². The molecule has 0 aliphatic rings. The lowest BCUT2D eigenvalue weighted by molar-refractivity contribution is -0.385. The lowest BCUT2D eigenvalue weighted by atomic mass is 10.1. The van der Waals surface area contributed by atoms with Gasteiger partial charge in [-0.3, -0.25) is 14.9 Å². The van der Waals surface area contributed by atoms with Gasteiger partial charge in [-0.2, -0.15) is 0 Å². The van der Waals surface area contributed by atoms with Crippen LogP contribution >= 0.6 is 0 Å². The average molecular weight is 205 g/mol. The minimum Gasteiger partial charge on any atom is -0.295 e. The van der Waals surface area contributed by atoms with Crippen molar-refractivity contribution in [2.24, 2.45) is 0 Å². The topological polar surface area (TPSA) is 60.2 Å². The third-order valence-electron chi connectivity index (χ3n) is 1.88. The van der Waals surface area contributed by atoms with Crippen LogP contribution in [0.25, 0.3) is 6.08 Å². The first-order valence-electron chi connectivity index (χ1n) is 4.44. The molecular weight excluding hydrogens is 194 g/mol. The standard InChI is InChI=1S/C11H11NO3/c1-8-3-5-10(6-4-9(2)13)11(7-8)12(14)15/h3-7H,1-2H3/b6-4-. The molecule has 0 N–H and O–H groups in total. The molecule has 0 atom stereocenters. The van der Waals surface area contributed by atoms with Crippen LogP contribution in [0.3, 0.4) is 0 Å². The minimum absolute atomic E-state index is 0.0208. The molecule has 1 aromatic carbocycles. The molecule has 4 heteroatoms. The summed E-state index contributed by atoms with van der Waals surface area (Å²) < 4.78 is 0. The Morgan fingerprint density at radius 2 is 2.13 bits per heavy atom. The number of hydrogen-bond acceptors (Lipinski definition) is 3. The Balaban J connectivity index is 3.17. The fraction of sp³-hybridized carbons (Fsp3) is 0.182. The number of hydrogen-bond donors (Lipinski definition) is 0. The number of benzene rings is 1. The van der Waals surface area contributed by atoms with Gasteiger partial charge in [-0.15, -0.1) is 0 Å². The van der Waals surface area contributed by atoms with Crippen LogP contribution < -0.4 is 0 Å². The molecule has 0 unspecified atom stereocenters. The van der Waals surface area contributed by atoms with Crippen LogP contribution in [0.2, 0.25) is 0 Å². The van der Waals surface area contributed by atoms with Crippen molar-refractivity contribution >= 4 is 17.5 Å². The van der Waals surface area contributed by atoms with Crippen molar-refractivity contribution in [1.82, 2.24) is 0 Å². The Kier molecular flexibility index (Phi) is 3.33. The Hall–Kier alpha value is -1.97. The first-order chi connectivity index (χ1) is 7.00. The smallest absolute Gasteiger partial charge is 0.276 e. The number of nitro benzene ring substituents is 1. The van der Waals surface area contributed by atoms with Crippen molar-refractivity contribution in [2.45, 2.75) is 13.8 Å². The maximum Gasteiger partial charge on any atom is 0.276 e. The highest BCUT2D eigenvalue weighted by Gasteiger charge is 2.10. The first kappa shape index (κ1) is 11.1. The molecule has 1 rings (SSSR count). The molecule has 0 aliphatic heterocycles. The molecule has 4 nitrogen and oxygen atoms in total. The second kappa shape index (κ2) is 4.50. The Morgan fingerprint density at radius 3 is 2.67 bits per heavy atom. The third kappa shape index (κ3) is 3.02. The maximum absolute atomic E-state index is 10.7. The molecule has 78 valence electrons. The molecule has 0 radical (unpaired) electrons. The lowest BCUT2D eigenvalue weighted by Crippen LogP contribution is -1.92.